The van der Waals surface area contributed by atoms with Crippen molar-refractivity contribution >= 4 is 11.6 Å². The van der Waals surface area contributed by atoms with E-state index in [0.717, 1.165) is 29.5 Å². The van der Waals surface area contributed by atoms with E-state index in [1.165, 1.54) is 32.4 Å². The number of piperidine rings is 1. The number of benzene rings is 1. The van der Waals surface area contributed by atoms with Crippen molar-refractivity contribution in [2.45, 2.75) is 32.2 Å². The second-order valence-electron chi connectivity index (χ2n) is 5.44. The van der Waals surface area contributed by atoms with Gasteiger partial charge in [0.25, 0.3) is 0 Å². The van der Waals surface area contributed by atoms with Gasteiger partial charge >= 0.3 is 0 Å². The van der Waals surface area contributed by atoms with E-state index in [2.05, 4.69) is 17.1 Å². The molecule has 1 heterocycles. The quantitative estimate of drug-likeness (QED) is 0.870. The van der Waals surface area contributed by atoms with Crippen molar-refractivity contribution in [1.82, 2.24) is 10.2 Å². The maximum atomic E-state index is 6.08. The van der Waals surface area contributed by atoms with Gasteiger partial charge in [-0.25, -0.2) is 0 Å². The first-order valence-electron chi connectivity index (χ1n) is 7.52. The molecule has 1 aromatic rings. The lowest BCUT2D eigenvalue weighted by Gasteiger charge is -2.26. The first-order valence-corrected chi connectivity index (χ1v) is 7.90. The van der Waals surface area contributed by atoms with Crippen molar-refractivity contribution in [1.29, 1.82) is 0 Å². The summed E-state index contributed by atoms with van der Waals surface area (Å²) in [6.07, 6.45) is 4.02. The molecule has 20 heavy (non-hydrogen) atoms. The second-order valence-corrected chi connectivity index (χ2v) is 5.88. The third kappa shape index (κ3) is 4.37. The number of nitrogens with zero attached hydrogens (tertiary/aromatic N) is 1. The van der Waals surface area contributed by atoms with Gasteiger partial charge in [-0.2, -0.15) is 0 Å². The zero-order valence-corrected chi connectivity index (χ0v) is 13.2. The maximum Gasteiger partial charge on any atom is 0.124 e. The molecule has 3 nitrogen and oxygen atoms in total. The van der Waals surface area contributed by atoms with Gasteiger partial charge in [-0.3, -0.25) is 4.90 Å². The van der Waals surface area contributed by atoms with E-state index >= 15 is 0 Å². The summed E-state index contributed by atoms with van der Waals surface area (Å²) in [6, 6.07) is 6.09. The van der Waals surface area contributed by atoms with Crippen LogP contribution in [-0.2, 0) is 0 Å². The molecule has 2 rings (SSSR count). The average Bonchev–Trinajstić information content (AvgIpc) is 2.49. The normalized spacial score (nSPS) is 17.9. The summed E-state index contributed by atoms with van der Waals surface area (Å²) in [5, 5.41) is 3.99. The Morgan fingerprint density at radius 3 is 2.75 bits per heavy atom. The van der Waals surface area contributed by atoms with Gasteiger partial charge in [0, 0.05) is 23.2 Å². The molecule has 1 saturated heterocycles. The number of ether oxygens (including phenoxy) is 1. The molecule has 1 unspecified atom stereocenters. The van der Waals surface area contributed by atoms with E-state index in [-0.39, 0.29) is 6.04 Å². The van der Waals surface area contributed by atoms with Gasteiger partial charge < -0.3 is 10.1 Å². The molecule has 1 aliphatic rings. The Bertz CT molecular complexity index is 419. The SMILES string of the molecule is CNC(C)c1cc(Cl)ccc1OCCN1CCCCC1. The molecule has 1 atom stereocenters. The fourth-order valence-corrected chi connectivity index (χ4v) is 2.79. The van der Waals surface area contributed by atoms with Crippen molar-refractivity contribution in [3.63, 3.8) is 0 Å². The minimum atomic E-state index is 0.235. The fourth-order valence-electron chi connectivity index (χ4n) is 2.61. The number of rotatable bonds is 6. The standard InChI is InChI=1S/C16H25ClN2O/c1-13(18-2)15-12-14(17)6-7-16(15)20-11-10-19-8-4-3-5-9-19/h6-7,12-13,18H,3-5,8-11H2,1-2H3. The molecule has 1 aromatic carbocycles. The molecule has 0 aromatic heterocycles. The first-order chi connectivity index (χ1) is 9.70. The van der Waals surface area contributed by atoms with Crippen molar-refractivity contribution in [2.75, 3.05) is 33.3 Å². The average molecular weight is 297 g/mol. The molecule has 112 valence electrons. The highest BCUT2D eigenvalue weighted by Gasteiger charge is 2.13. The number of hydrogen-bond acceptors (Lipinski definition) is 3. The van der Waals surface area contributed by atoms with Crippen molar-refractivity contribution in [2.24, 2.45) is 0 Å². The number of halogens is 1. The molecule has 0 aliphatic carbocycles. The summed E-state index contributed by atoms with van der Waals surface area (Å²) < 4.78 is 5.98. The smallest absolute Gasteiger partial charge is 0.124 e. The lowest BCUT2D eigenvalue weighted by Crippen LogP contribution is -2.33. The van der Waals surface area contributed by atoms with Crippen LogP contribution in [0.1, 0.15) is 37.8 Å². The highest BCUT2D eigenvalue weighted by atomic mass is 35.5. The molecule has 1 aliphatic heterocycles. The van der Waals surface area contributed by atoms with Crippen LogP contribution in [0.15, 0.2) is 18.2 Å². The lowest BCUT2D eigenvalue weighted by molar-refractivity contribution is 0.182. The zero-order chi connectivity index (χ0) is 14.4. The Hall–Kier alpha value is -0.770. The van der Waals surface area contributed by atoms with Crippen LogP contribution in [0.5, 0.6) is 5.75 Å². The molecule has 1 N–H and O–H groups in total. The highest BCUT2D eigenvalue weighted by Crippen LogP contribution is 2.28. The summed E-state index contributed by atoms with van der Waals surface area (Å²) in [6.45, 7) is 6.29. The van der Waals surface area contributed by atoms with Crippen molar-refractivity contribution in [3.05, 3.63) is 28.8 Å². The van der Waals surface area contributed by atoms with Crippen LogP contribution < -0.4 is 10.1 Å². The Kier molecular flexibility index (Phi) is 6.14. The van der Waals surface area contributed by atoms with E-state index in [4.69, 9.17) is 16.3 Å². The van der Waals surface area contributed by atoms with Gasteiger partial charge in [0.1, 0.15) is 12.4 Å². The molecule has 0 saturated carbocycles. The van der Waals surface area contributed by atoms with E-state index < -0.39 is 0 Å². The second kappa shape index (κ2) is 7.87. The Labute approximate surface area is 127 Å². The largest absolute Gasteiger partial charge is 0.492 e. The van der Waals surface area contributed by atoms with Gasteiger partial charge in [-0.05, 0) is 58.1 Å². The molecule has 0 amide bonds. The summed E-state index contributed by atoms with van der Waals surface area (Å²) in [4.78, 5) is 2.49. The maximum absolute atomic E-state index is 6.08. The van der Waals surface area contributed by atoms with E-state index in [9.17, 15) is 0 Å². The third-order valence-electron chi connectivity index (χ3n) is 3.99. The molecular formula is C16H25ClN2O. The van der Waals surface area contributed by atoms with Crippen molar-refractivity contribution in [3.8, 4) is 5.75 Å². The van der Waals surface area contributed by atoms with Gasteiger partial charge in [-0.1, -0.05) is 18.0 Å². The minimum Gasteiger partial charge on any atom is -0.492 e. The third-order valence-corrected chi connectivity index (χ3v) is 4.22. The topological polar surface area (TPSA) is 24.5 Å². The number of hydrogen-bond donors (Lipinski definition) is 1. The number of likely N-dealkylation sites (tertiary alicyclic amines) is 1. The Balaban J connectivity index is 1.91. The summed E-state index contributed by atoms with van der Waals surface area (Å²) in [5.41, 5.74) is 1.12. The van der Waals surface area contributed by atoms with Crippen LogP contribution >= 0.6 is 11.6 Å². The molecule has 0 radical (unpaired) electrons. The number of nitrogens with one attached hydrogen (secondary N) is 1. The van der Waals surface area contributed by atoms with Gasteiger partial charge in [0.2, 0.25) is 0 Å². The summed E-state index contributed by atoms with van der Waals surface area (Å²) in [5.74, 6) is 0.938. The molecule has 1 fully saturated rings. The van der Waals surface area contributed by atoms with Crippen LogP contribution in [0.3, 0.4) is 0 Å². The van der Waals surface area contributed by atoms with E-state index in [1.807, 2.05) is 25.2 Å². The highest BCUT2D eigenvalue weighted by molar-refractivity contribution is 6.30. The van der Waals surface area contributed by atoms with Crippen molar-refractivity contribution < 1.29 is 4.74 Å². The zero-order valence-electron chi connectivity index (χ0n) is 12.5. The van der Waals surface area contributed by atoms with E-state index in [1.54, 1.807) is 0 Å². The van der Waals surface area contributed by atoms with Crippen LogP contribution in [0.2, 0.25) is 5.02 Å². The minimum absolute atomic E-state index is 0.235. The summed E-state index contributed by atoms with van der Waals surface area (Å²) >= 11 is 6.08. The Morgan fingerprint density at radius 2 is 2.05 bits per heavy atom. The van der Waals surface area contributed by atoms with Crippen LogP contribution in [0.25, 0.3) is 0 Å². The van der Waals surface area contributed by atoms with Gasteiger partial charge in [0.15, 0.2) is 0 Å². The Morgan fingerprint density at radius 1 is 1.30 bits per heavy atom. The van der Waals surface area contributed by atoms with E-state index in [0.29, 0.717) is 0 Å². The first kappa shape index (κ1) is 15.6. The molecule has 0 bridgehead atoms. The van der Waals surface area contributed by atoms with Crippen LogP contribution in [-0.4, -0.2) is 38.2 Å². The fraction of sp³-hybridized carbons (Fsp3) is 0.625. The predicted molar refractivity (Wildman–Crippen MR) is 84.7 cm³/mol. The predicted octanol–water partition coefficient (Wildman–Crippen LogP) is 3.49. The monoisotopic (exact) mass is 296 g/mol. The molecule has 0 spiro atoms. The lowest BCUT2D eigenvalue weighted by atomic mass is 10.1. The van der Waals surface area contributed by atoms with Gasteiger partial charge in [0.05, 0.1) is 0 Å². The summed E-state index contributed by atoms with van der Waals surface area (Å²) in [7, 11) is 1.95. The molecule has 4 heteroatoms. The van der Waals surface area contributed by atoms with Gasteiger partial charge in [-0.15, -0.1) is 0 Å². The molecular weight excluding hydrogens is 272 g/mol. The van der Waals surface area contributed by atoms with Crippen LogP contribution in [0, 0.1) is 0 Å². The van der Waals surface area contributed by atoms with Crippen LogP contribution in [0.4, 0.5) is 0 Å².